The van der Waals surface area contributed by atoms with Crippen LogP contribution in [0.15, 0.2) is 29.0 Å². The minimum Gasteiger partial charge on any atom is -0.358 e. The molecule has 8 nitrogen and oxygen atoms in total. The number of aromatic nitrogens is 3. The molecule has 0 atom stereocenters. The van der Waals surface area contributed by atoms with Crippen LogP contribution in [-0.4, -0.2) is 25.6 Å². The van der Waals surface area contributed by atoms with Gasteiger partial charge < -0.3 is 15.4 Å². The minimum absolute atomic E-state index is 0.170. The van der Waals surface area contributed by atoms with Crippen LogP contribution in [0.2, 0.25) is 5.02 Å². The summed E-state index contributed by atoms with van der Waals surface area (Å²) in [5.41, 5.74) is 0. The van der Waals surface area contributed by atoms with E-state index in [4.69, 9.17) is 11.6 Å². The number of halogens is 2. The summed E-state index contributed by atoms with van der Waals surface area (Å²) < 4.78 is 1.37. The summed E-state index contributed by atoms with van der Waals surface area (Å²) in [4.78, 5) is 25.6. The highest BCUT2D eigenvalue weighted by Gasteiger charge is 2.19. The molecule has 0 spiro atoms. The third kappa shape index (κ3) is 3.52. The van der Waals surface area contributed by atoms with Crippen molar-refractivity contribution in [3.8, 4) is 0 Å². The predicted octanol–water partition coefficient (Wildman–Crippen LogP) is 2.24. The van der Waals surface area contributed by atoms with Crippen molar-refractivity contribution in [3.05, 3.63) is 44.1 Å². The van der Waals surface area contributed by atoms with Crippen molar-refractivity contribution in [2.75, 3.05) is 5.32 Å². The molecule has 0 radical (unpaired) electrons. The second kappa shape index (κ2) is 5.97. The molecule has 104 valence electrons. The molecule has 0 aliphatic carbocycles. The van der Waals surface area contributed by atoms with Crippen LogP contribution < -0.4 is 5.32 Å². The Morgan fingerprint density at radius 1 is 1.55 bits per heavy atom. The van der Waals surface area contributed by atoms with E-state index < -0.39 is 10.8 Å². The number of carbonyl (C=O) groups is 1. The molecule has 0 fully saturated rings. The Bertz CT molecular complexity index is 657. The monoisotopic (exact) mass is 359 g/mol. The summed E-state index contributed by atoms with van der Waals surface area (Å²) in [6.07, 6.45) is 2.75. The highest BCUT2D eigenvalue weighted by molar-refractivity contribution is 9.10. The Hall–Kier alpha value is -2.00. The average Bonchev–Trinajstić information content (AvgIpc) is 2.73. The Morgan fingerprint density at radius 3 is 2.85 bits per heavy atom. The Morgan fingerprint density at radius 2 is 2.30 bits per heavy atom. The fourth-order valence-electron chi connectivity index (χ4n) is 1.37. The topological polar surface area (TPSA) is 103 Å². The molecule has 2 aromatic rings. The summed E-state index contributed by atoms with van der Waals surface area (Å²) >= 11 is 8.67. The zero-order valence-electron chi connectivity index (χ0n) is 9.79. The molecule has 0 aliphatic rings. The lowest BCUT2D eigenvalue weighted by molar-refractivity contribution is -0.390. The normalized spacial score (nSPS) is 10.3. The average molecular weight is 361 g/mol. The maximum absolute atomic E-state index is 11.7. The first-order valence-corrected chi connectivity index (χ1v) is 6.41. The van der Waals surface area contributed by atoms with Crippen molar-refractivity contribution >= 4 is 45.1 Å². The van der Waals surface area contributed by atoms with E-state index in [9.17, 15) is 14.9 Å². The van der Waals surface area contributed by atoms with Gasteiger partial charge in [-0.25, -0.2) is 4.98 Å². The van der Waals surface area contributed by atoms with Crippen LogP contribution in [0.4, 0.5) is 11.6 Å². The number of hydrogen-bond acceptors (Lipinski definition) is 5. The number of rotatable bonds is 4. The van der Waals surface area contributed by atoms with Gasteiger partial charge in [-0.2, -0.15) is 4.68 Å². The number of carbonyl (C=O) groups excluding carboxylic acids is 1. The fourth-order valence-corrected chi connectivity index (χ4v) is 1.94. The molecule has 0 saturated heterocycles. The summed E-state index contributed by atoms with van der Waals surface area (Å²) in [5.74, 6) is -0.424. The molecule has 0 bridgehead atoms. The molecular formula is C10H7BrClN5O3. The number of pyridine rings is 1. The molecular weight excluding hydrogens is 353 g/mol. The molecule has 10 heteroatoms. The van der Waals surface area contributed by atoms with Gasteiger partial charge in [0.1, 0.15) is 16.8 Å². The molecule has 2 aromatic heterocycles. The number of nitrogens with one attached hydrogen (secondary N) is 1. The predicted molar refractivity (Wildman–Crippen MR) is 74.5 cm³/mol. The van der Waals surface area contributed by atoms with Crippen LogP contribution in [0.3, 0.4) is 0 Å². The molecule has 0 aliphatic heterocycles. The van der Waals surface area contributed by atoms with E-state index in [1.165, 1.54) is 12.4 Å². The second-order valence-corrected chi connectivity index (χ2v) is 4.96. The van der Waals surface area contributed by atoms with E-state index in [1.54, 1.807) is 12.1 Å². The first-order valence-electron chi connectivity index (χ1n) is 5.24. The zero-order chi connectivity index (χ0) is 14.7. The Balaban J connectivity index is 2.03. The third-order valence-electron chi connectivity index (χ3n) is 2.17. The smallest absolute Gasteiger partial charge is 0.358 e. The van der Waals surface area contributed by atoms with Crippen LogP contribution in [0, 0.1) is 10.1 Å². The van der Waals surface area contributed by atoms with Gasteiger partial charge in [0.2, 0.25) is 5.91 Å². The Labute approximate surface area is 126 Å². The summed E-state index contributed by atoms with van der Waals surface area (Å²) in [6, 6.07) is 3.13. The van der Waals surface area contributed by atoms with Gasteiger partial charge in [0.05, 0.1) is 16.3 Å². The first-order chi connectivity index (χ1) is 9.45. The largest absolute Gasteiger partial charge is 0.404 e. The number of hydrogen-bond donors (Lipinski definition) is 1. The van der Waals surface area contributed by atoms with Gasteiger partial charge in [-0.05, 0) is 33.0 Å². The highest BCUT2D eigenvalue weighted by atomic mass is 79.9. The summed E-state index contributed by atoms with van der Waals surface area (Å²) in [5, 5.41) is 17.3. The van der Waals surface area contributed by atoms with Crippen molar-refractivity contribution in [2.24, 2.45) is 0 Å². The van der Waals surface area contributed by atoms with Gasteiger partial charge in [0.25, 0.3) is 0 Å². The van der Waals surface area contributed by atoms with Crippen molar-refractivity contribution < 1.29 is 9.72 Å². The Kier molecular flexibility index (Phi) is 4.30. The first kappa shape index (κ1) is 14.4. The lowest BCUT2D eigenvalue weighted by atomic mass is 10.4. The van der Waals surface area contributed by atoms with Crippen molar-refractivity contribution in [1.29, 1.82) is 0 Å². The molecule has 20 heavy (non-hydrogen) atoms. The number of nitro groups is 1. The lowest BCUT2D eigenvalue weighted by Crippen LogP contribution is -2.19. The summed E-state index contributed by atoms with van der Waals surface area (Å²) in [6.45, 7) is -0.170. The van der Waals surface area contributed by atoms with Gasteiger partial charge in [-0.15, -0.1) is 0 Å². The van der Waals surface area contributed by atoms with Crippen LogP contribution >= 0.6 is 27.5 Å². The number of nitrogens with zero attached hydrogens (tertiary/aromatic N) is 4. The maximum atomic E-state index is 11.7. The summed E-state index contributed by atoms with van der Waals surface area (Å²) in [7, 11) is 0. The van der Waals surface area contributed by atoms with Crippen LogP contribution in [0.5, 0.6) is 0 Å². The van der Waals surface area contributed by atoms with Crippen molar-refractivity contribution in [2.45, 2.75) is 6.54 Å². The molecule has 2 heterocycles. The second-order valence-electron chi connectivity index (χ2n) is 3.67. The highest BCUT2D eigenvalue weighted by Crippen LogP contribution is 2.21. The van der Waals surface area contributed by atoms with E-state index in [0.717, 1.165) is 4.68 Å². The van der Waals surface area contributed by atoms with Crippen LogP contribution in [-0.2, 0) is 11.3 Å². The van der Waals surface area contributed by atoms with Crippen molar-refractivity contribution in [3.63, 3.8) is 0 Å². The van der Waals surface area contributed by atoms with E-state index >= 15 is 0 Å². The van der Waals surface area contributed by atoms with Crippen LogP contribution in [0.25, 0.3) is 0 Å². The van der Waals surface area contributed by atoms with E-state index in [0.29, 0.717) is 10.8 Å². The van der Waals surface area contributed by atoms with Gasteiger partial charge in [0, 0.05) is 6.20 Å². The van der Waals surface area contributed by atoms with Gasteiger partial charge in [-0.3, -0.25) is 4.79 Å². The zero-order valence-corrected chi connectivity index (χ0v) is 12.1. The SMILES string of the molecule is O=C(Cn1cc(Br)c([N+](=O)[O-])n1)Nc1ccc(Cl)cn1. The van der Waals surface area contributed by atoms with Gasteiger partial charge >= 0.3 is 5.82 Å². The van der Waals surface area contributed by atoms with Crippen LogP contribution in [0.1, 0.15) is 0 Å². The quantitative estimate of drug-likeness (QED) is 0.665. The molecule has 0 unspecified atom stereocenters. The molecule has 2 rings (SSSR count). The molecule has 0 aromatic carbocycles. The van der Waals surface area contributed by atoms with Gasteiger partial charge in [0.15, 0.2) is 0 Å². The lowest BCUT2D eigenvalue weighted by Gasteiger charge is -2.02. The van der Waals surface area contributed by atoms with Gasteiger partial charge in [-0.1, -0.05) is 11.6 Å². The standard InChI is InChI=1S/C10H7BrClN5O3/c11-7-4-16(15-10(7)17(19)20)5-9(18)14-8-2-1-6(12)3-13-8/h1-4H,5H2,(H,13,14,18). The third-order valence-corrected chi connectivity index (χ3v) is 2.96. The molecule has 1 N–H and O–H groups in total. The van der Waals surface area contributed by atoms with Crippen molar-refractivity contribution in [1.82, 2.24) is 14.8 Å². The minimum atomic E-state index is -0.640. The molecule has 0 saturated carbocycles. The van der Waals surface area contributed by atoms with E-state index in [2.05, 4.69) is 31.3 Å². The molecule has 1 amide bonds. The van der Waals surface area contributed by atoms with E-state index in [1.807, 2.05) is 0 Å². The number of anilines is 1. The number of amides is 1. The maximum Gasteiger partial charge on any atom is 0.404 e. The fraction of sp³-hybridized carbons (Fsp3) is 0.100. The van der Waals surface area contributed by atoms with E-state index in [-0.39, 0.29) is 16.8 Å².